The van der Waals surface area contributed by atoms with Crippen LogP contribution in [0.5, 0.6) is 17.2 Å². The van der Waals surface area contributed by atoms with Crippen molar-refractivity contribution in [2.24, 2.45) is 0 Å². The van der Waals surface area contributed by atoms with E-state index in [4.69, 9.17) is 14.2 Å². The average molecular weight is 396 g/mol. The fourth-order valence-corrected chi connectivity index (χ4v) is 5.16. The molecule has 6 nitrogen and oxygen atoms in total. The Kier molecular flexibility index (Phi) is 5.35. The Hall–Kier alpha value is -2.76. The van der Waals surface area contributed by atoms with Crippen molar-refractivity contribution in [3.05, 3.63) is 47.3 Å². The van der Waals surface area contributed by atoms with Crippen molar-refractivity contribution in [3.63, 3.8) is 0 Å². The molecule has 1 aromatic carbocycles. The molecule has 29 heavy (non-hydrogen) atoms. The number of aromatic nitrogens is 1. The summed E-state index contributed by atoms with van der Waals surface area (Å²) in [6.45, 7) is 0. The summed E-state index contributed by atoms with van der Waals surface area (Å²) in [7, 11) is 4.94. The minimum Gasteiger partial charge on any atom is -0.493 e. The summed E-state index contributed by atoms with van der Waals surface area (Å²) >= 11 is 0. The Morgan fingerprint density at radius 1 is 1.03 bits per heavy atom. The van der Waals surface area contributed by atoms with Gasteiger partial charge in [0.15, 0.2) is 11.5 Å². The molecule has 1 fully saturated rings. The molecule has 0 radical (unpaired) electrons. The highest BCUT2D eigenvalue weighted by Crippen LogP contribution is 2.59. The Balaban J connectivity index is 1.80. The van der Waals surface area contributed by atoms with Crippen LogP contribution in [0, 0.1) is 0 Å². The number of carbonyl (C=O) groups is 1. The second kappa shape index (κ2) is 7.93. The predicted octanol–water partition coefficient (Wildman–Crippen LogP) is 4.18. The molecule has 2 aromatic rings. The summed E-state index contributed by atoms with van der Waals surface area (Å²) in [4.78, 5) is 16.9. The third-order valence-electron chi connectivity index (χ3n) is 6.42. The number of nitrogens with zero attached hydrogens (tertiary/aromatic N) is 1. The molecule has 1 amide bonds. The van der Waals surface area contributed by atoms with E-state index in [0.29, 0.717) is 17.1 Å². The van der Waals surface area contributed by atoms with E-state index in [1.807, 2.05) is 6.07 Å². The number of amides is 1. The van der Waals surface area contributed by atoms with Crippen LogP contribution in [-0.4, -0.2) is 32.2 Å². The van der Waals surface area contributed by atoms with E-state index in [1.165, 1.54) is 24.8 Å². The van der Waals surface area contributed by atoms with Crippen molar-refractivity contribution < 1.29 is 19.0 Å². The number of carbonyl (C=O) groups excluding carboxylic acids is 1. The molecule has 1 heterocycles. The van der Waals surface area contributed by atoms with E-state index in [1.54, 1.807) is 45.9 Å². The van der Waals surface area contributed by atoms with Crippen molar-refractivity contribution in [3.8, 4) is 17.2 Å². The van der Waals surface area contributed by atoms with Crippen LogP contribution >= 0.6 is 0 Å². The number of rotatable bonds is 5. The summed E-state index contributed by atoms with van der Waals surface area (Å²) in [5.41, 5.74) is 2.86. The number of benzene rings is 1. The molecule has 1 N–H and O–H groups in total. The highest BCUT2D eigenvalue weighted by molar-refractivity contribution is 5.94. The summed E-state index contributed by atoms with van der Waals surface area (Å²) in [5.74, 6) is 1.90. The van der Waals surface area contributed by atoms with E-state index in [0.717, 1.165) is 30.6 Å². The lowest BCUT2D eigenvalue weighted by atomic mass is 9.70. The first-order chi connectivity index (χ1) is 14.1. The van der Waals surface area contributed by atoms with Gasteiger partial charge in [0.05, 0.1) is 27.4 Å². The molecule has 1 aromatic heterocycles. The van der Waals surface area contributed by atoms with Gasteiger partial charge in [0.1, 0.15) is 0 Å². The second-order valence-corrected chi connectivity index (χ2v) is 7.92. The maximum absolute atomic E-state index is 12.9. The second-order valence-electron chi connectivity index (χ2n) is 7.92. The van der Waals surface area contributed by atoms with Crippen LogP contribution < -0.4 is 19.5 Å². The fourth-order valence-electron chi connectivity index (χ4n) is 5.16. The molecule has 1 spiro atoms. The number of nitrogens with one attached hydrogen (secondary N) is 1. The largest absolute Gasteiger partial charge is 0.493 e. The fraction of sp³-hybridized carbons (Fsp3) is 0.478. The summed E-state index contributed by atoms with van der Waals surface area (Å²) in [5, 5.41) is 3.24. The molecule has 154 valence electrons. The van der Waals surface area contributed by atoms with Crippen molar-refractivity contribution >= 4 is 5.91 Å². The normalized spacial score (nSPS) is 19.5. The number of hydrogen-bond acceptors (Lipinski definition) is 5. The number of pyridine rings is 1. The number of methoxy groups -OCH3 is 3. The molecule has 1 atom stereocenters. The lowest BCUT2D eigenvalue weighted by Crippen LogP contribution is -2.31. The van der Waals surface area contributed by atoms with Crippen LogP contribution in [-0.2, 0) is 5.41 Å². The molecule has 2 aliphatic carbocycles. The maximum Gasteiger partial charge on any atom is 0.251 e. The monoisotopic (exact) mass is 396 g/mol. The zero-order valence-electron chi connectivity index (χ0n) is 17.3. The summed E-state index contributed by atoms with van der Waals surface area (Å²) < 4.78 is 17.1. The average Bonchev–Trinajstić information content (AvgIpc) is 3.05. The van der Waals surface area contributed by atoms with Crippen LogP contribution in [0.25, 0.3) is 0 Å². The van der Waals surface area contributed by atoms with Gasteiger partial charge in [-0.15, -0.1) is 0 Å². The molecule has 0 aliphatic heterocycles. The number of fused-ring (bicyclic) bond motifs is 2. The Morgan fingerprint density at radius 3 is 2.34 bits per heavy atom. The van der Waals surface area contributed by atoms with Gasteiger partial charge in [-0.05, 0) is 43.0 Å². The van der Waals surface area contributed by atoms with E-state index in [9.17, 15) is 4.79 Å². The van der Waals surface area contributed by atoms with Crippen LogP contribution in [0.1, 0.15) is 66.1 Å². The van der Waals surface area contributed by atoms with Crippen molar-refractivity contribution in [2.75, 3.05) is 21.3 Å². The van der Waals surface area contributed by atoms with E-state index in [-0.39, 0.29) is 17.4 Å². The van der Waals surface area contributed by atoms with Crippen LogP contribution in [0.3, 0.4) is 0 Å². The van der Waals surface area contributed by atoms with Gasteiger partial charge in [0, 0.05) is 28.9 Å². The molecule has 1 unspecified atom stereocenters. The Labute approximate surface area is 171 Å². The van der Waals surface area contributed by atoms with Gasteiger partial charge in [-0.2, -0.15) is 0 Å². The molecule has 0 bridgehead atoms. The maximum atomic E-state index is 12.9. The molecule has 0 saturated heterocycles. The molecule has 4 rings (SSSR count). The first-order valence-electron chi connectivity index (χ1n) is 10.2. The van der Waals surface area contributed by atoms with E-state index >= 15 is 0 Å². The molecule has 6 heteroatoms. The van der Waals surface area contributed by atoms with Crippen LogP contribution in [0.15, 0.2) is 30.6 Å². The van der Waals surface area contributed by atoms with Gasteiger partial charge in [-0.3, -0.25) is 9.78 Å². The topological polar surface area (TPSA) is 69.7 Å². The number of hydrogen-bond donors (Lipinski definition) is 1. The third kappa shape index (κ3) is 3.30. The summed E-state index contributed by atoms with van der Waals surface area (Å²) in [6, 6.07) is 5.38. The van der Waals surface area contributed by atoms with Gasteiger partial charge in [0.2, 0.25) is 5.75 Å². The molecule has 2 aliphatic rings. The zero-order chi connectivity index (χ0) is 20.4. The SMILES string of the molecule is COc1cc2c(c(OC)c1OC)C1(CCCCC1)CC2NC(=O)c1ccncc1. The first-order valence-corrected chi connectivity index (χ1v) is 10.2. The van der Waals surface area contributed by atoms with Crippen molar-refractivity contribution in [1.29, 1.82) is 0 Å². The highest BCUT2D eigenvalue weighted by Gasteiger charge is 2.48. The standard InChI is InChI=1S/C23H28N2O4/c1-27-18-13-16-17(25-22(26)15-7-11-24-12-8-15)14-23(9-5-4-6-10-23)19(16)21(29-3)20(18)28-2/h7-8,11-13,17H,4-6,9-10,14H2,1-3H3,(H,25,26). The van der Waals surface area contributed by atoms with Gasteiger partial charge in [-0.1, -0.05) is 19.3 Å². The first kappa shape index (κ1) is 19.6. The minimum atomic E-state index is -0.0996. The van der Waals surface area contributed by atoms with E-state index < -0.39 is 0 Å². The summed E-state index contributed by atoms with van der Waals surface area (Å²) in [6.07, 6.45) is 9.94. The molecular formula is C23H28N2O4. The van der Waals surface area contributed by atoms with Gasteiger partial charge < -0.3 is 19.5 Å². The quantitative estimate of drug-likeness (QED) is 0.821. The number of ether oxygens (including phenoxy) is 3. The predicted molar refractivity (Wildman–Crippen MR) is 110 cm³/mol. The van der Waals surface area contributed by atoms with Gasteiger partial charge in [-0.25, -0.2) is 0 Å². The minimum absolute atomic E-state index is 0.00529. The molecular weight excluding hydrogens is 368 g/mol. The highest BCUT2D eigenvalue weighted by atomic mass is 16.5. The van der Waals surface area contributed by atoms with Gasteiger partial charge >= 0.3 is 0 Å². The molecule has 1 saturated carbocycles. The smallest absolute Gasteiger partial charge is 0.251 e. The Morgan fingerprint density at radius 2 is 1.72 bits per heavy atom. The zero-order valence-corrected chi connectivity index (χ0v) is 17.3. The van der Waals surface area contributed by atoms with Crippen LogP contribution in [0.2, 0.25) is 0 Å². The third-order valence-corrected chi connectivity index (χ3v) is 6.42. The van der Waals surface area contributed by atoms with Crippen molar-refractivity contribution in [1.82, 2.24) is 10.3 Å². The lowest BCUT2D eigenvalue weighted by molar-refractivity contribution is 0.0930. The Bertz CT molecular complexity index is 891. The van der Waals surface area contributed by atoms with Crippen LogP contribution in [0.4, 0.5) is 0 Å². The lowest BCUT2D eigenvalue weighted by Gasteiger charge is -2.36. The van der Waals surface area contributed by atoms with Gasteiger partial charge in [0.25, 0.3) is 5.91 Å². The van der Waals surface area contributed by atoms with E-state index in [2.05, 4.69) is 10.3 Å². The van der Waals surface area contributed by atoms with Crippen molar-refractivity contribution in [2.45, 2.75) is 50.0 Å².